The van der Waals surface area contributed by atoms with Gasteiger partial charge in [-0.25, -0.2) is 4.79 Å². The van der Waals surface area contributed by atoms with Crippen LogP contribution in [0.1, 0.15) is 28.9 Å². The zero-order valence-corrected chi connectivity index (χ0v) is 15.2. The molecule has 1 aromatic rings. The van der Waals surface area contributed by atoms with Crippen molar-refractivity contribution >= 4 is 18.2 Å². The van der Waals surface area contributed by atoms with Crippen molar-refractivity contribution in [1.82, 2.24) is 19.8 Å². The van der Waals surface area contributed by atoms with Gasteiger partial charge in [0, 0.05) is 32.2 Å². The SMILES string of the molecule is Cc1nc(OCC2CCCN2C)nc(N2CCN(C(=O)O)CC2)c1C=O. The Labute approximate surface area is 152 Å². The van der Waals surface area contributed by atoms with E-state index in [1.54, 1.807) is 6.92 Å². The molecule has 2 aliphatic heterocycles. The summed E-state index contributed by atoms with van der Waals surface area (Å²) in [6, 6.07) is 0.622. The average Bonchev–Trinajstić information content (AvgIpc) is 3.04. The van der Waals surface area contributed by atoms with Gasteiger partial charge in [0.25, 0.3) is 0 Å². The number of aryl methyl sites for hydroxylation is 1. The van der Waals surface area contributed by atoms with Crippen LogP contribution in [0.15, 0.2) is 0 Å². The summed E-state index contributed by atoms with van der Waals surface area (Å²) < 4.78 is 5.82. The third-order valence-corrected chi connectivity index (χ3v) is 5.14. The lowest BCUT2D eigenvalue weighted by Gasteiger charge is -2.34. The van der Waals surface area contributed by atoms with Crippen LogP contribution in [-0.4, -0.2) is 89.7 Å². The maximum absolute atomic E-state index is 11.5. The lowest BCUT2D eigenvalue weighted by Crippen LogP contribution is -2.49. The minimum atomic E-state index is -0.927. The van der Waals surface area contributed by atoms with Crippen LogP contribution in [0.4, 0.5) is 10.6 Å². The summed E-state index contributed by atoms with van der Waals surface area (Å²) in [5.41, 5.74) is 1.000. The van der Waals surface area contributed by atoms with Crippen molar-refractivity contribution in [3.63, 3.8) is 0 Å². The number of carbonyl (C=O) groups is 2. The van der Waals surface area contributed by atoms with Crippen LogP contribution in [0.5, 0.6) is 6.01 Å². The molecule has 3 rings (SSSR count). The topological polar surface area (TPSA) is 99.1 Å². The van der Waals surface area contributed by atoms with Crippen LogP contribution in [0.25, 0.3) is 0 Å². The summed E-state index contributed by atoms with van der Waals surface area (Å²) >= 11 is 0. The second-order valence-corrected chi connectivity index (χ2v) is 6.79. The maximum Gasteiger partial charge on any atom is 0.407 e. The van der Waals surface area contributed by atoms with E-state index in [-0.39, 0.29) is 6.01 Å². The van der Waals surface area contributed by atoms with E-state index in [0.29, 0.717) is 55.9 Å². The van der Waals surface area contributed by atoms with Gasteiger partial charge in [0.05, 0.1) is 11.3 Å². The molecule has 1 aromatic heterocycles. The van der Waals surface area contributed by atoms with Crippen molar-refractivity contribution in [2.75, 3.05) is 51.3 Å². The molecule has 0 spiro atoms. The molecule has 3 heterocycles. The highest BCUT2D eigenvalue weighted by atomic mass is 16.5. The van der Waals surface area contributed by atoms with Crippen molar-refractivity contribution in [3.8, 4) is 6.01 Å². The number of piperazine rings is 1. The standard InChI is InChI=1S/C17H25N5O4/c1-12-14(10-23)15(21-6-8-22(9-7-21)17(24)25)19-16(18-12)26-11-13-4-3-5-20(13)2/h10,13H,3-9,11H2,1-2H3,(H,24,25). The van der Waals surface area contributed by atoms with Gasteiger partial charge in [-0.05, 0) is 33.4 Å². The first-order valence-corrected chi connectivity index (χ1v) is 8.89. The van der Waals surface area contributed by atoms with Gasteiger partial charge in [-0.2, -0.15) is 9.97 Å². The fourth-order valence-electron chi connectivity index (χ4n) is 3.46. The number of anilines is 1. The fourth-order valence-corrected chi connectivity index (χ4v) is 3.46. The van der Waals surface area contributed by atoms with E-state index in [0.717, 1.165) is 25.7 Å². The van der Waals surface area contributed by atoms with Gasteiger partial charge < -0.3 is 24.5 Å². The molecule has 1 amide bonds. The summed E-state index contributed by atoms with van der Waals surface area (Å²) in [6.07, 6.45) is 2.08. The molecule has 26 heavy (non-hydrogen) atoms. The molecule has 0 aliphatic carbocycles. The number of aromatic nitrogens is 2. The first-order chi connectivity index (χ1) is 12.5. The molecule has 2 aliphatic rings. The smallest absolute Gasteiger partial charge is 0.407 e. The van der Waals surface area contributed by atoms with E-state index in [1.165, 1.54) is 4.90 Å². The second kappa shape index (κ2) is 7.86. The summed E-state index contributed by atoms with van der Waals surface area (Å²) in [7, 11) is 2.08. The zero-order valence-electron chi connectivity index (χ0n) is 15.2. The van der Waals surface area contributed by atoms with E-state index in [9.17, 15) is 9.59 Å². The highest BCUT2D eigenvalue weighted by Crippen LogP contribution is 2.24. The van der Waals surface area contributed by atoms with E-state index >= 15 is 0 Å². The Morgan fingerprint density at radius 3 is 2.58 bits per heavy atom. The highest BCUT2D eigenvalue weighted by molar-refractivity contribution is 5.84. The van der Waals surface area contributed by atoms with E-state index < -0.39 is 6.09 Å². The van der Waals surface area contributed by atoms with Crippen LogP contribution in [0.2, 0.25) is 0 Å². The molecule has 0 bridgehead atoms. The number of carboxylic acid groups (broad SMARTS) is 1. The van der Waals surface area contributed by atoms with Crippen LogP contribution >= 0.6 is 0 Å². The van der Waals surface area contributed by atoms with Gasteiger partial charge in [-0.1, -0.05) is 0 Å². The Hall–Kier alpha value is -2.42. The molecule has 142 valence electrons. The Bertz CT molecular complexity index is 675. The molecular formula is C17H25N5O4. The monoisotopic (exact) mass is 363 g/mol. The minimum Gasteiger partial charge on any atom is -0.465 e. The van der Waals surface area contributed by atoms with Crippen LogP contribution in [0, 0.1) is 6.92 Å². The molecule has 2 fully saturated rings. The maximum atomic E-state index is 11.5. The molecule has 9 heteroatoms. The second-order valence-electron chi connectivity index (χ2n) is 6.79. The molecule has 1 atom stereocenters. The first kappa shape index (κ1) is 18.4. The Morgan fingerprint density at radius 1 is 1.27 bits per heavy atom. The van der Waals surface area contributed by atoms with Gasteiger partial charge in [0.2, 0.25) is 0 Å². The number of hydrogen-bond acceptors (Lipinski definition) is 7. The molecule has 2 saturated heterocycles. The Morgan fingerprint density at radius 2 is 2.00 bits per heavy atom. The van der Waals surface area contributed by atoms with E-state index in [1.807, 2.05) is 4.90 Å². The fraction of sp³-hybridized carbons (Fsp3) is 0.647. The molecule has 9 nitrogen and oxygen atoms in total. The van der Waals surface area contributed by atoms with Gasteiger partial charge in [0.1, 0.15) is 12.4 Å². The van der Waals surface area contributed by atoms with Crippen LogP contribution < -0.4 is 9.64 Å². The number of likely N-dealkylation sites (tertiary alicyclic amines) is 1. The number of nitrogens with zero attached hydrogens (tertiary/aromatic N) is 5. The van der Waals surface area contributed by atoms with E-state index in [2.05, 4.69) is 21.9 Å². The third-order valence-electron chi connectivity index (χ3n) is 5.14. The molecule has 1 N–H and O–H groups in total. The summed E-state index contributed by atoms with van der Waals surface area (Å²) in [6.45, 7) is 5.05. The predicted molar refractivity (Wildman–Crippen MR) is 95.1 cm³/mol. The minimum absolute atomic E-state index is 0.268. The normalized spacial score (nSPS) is 21.1. The molecule has 0 saturated carbocycles. The number of rotatable bonds is 5. The molecule has 0 radical (unpaired) electrons. The van der Waals surface area contributed by atoms with Crippen molar-refractivity contribution < 1.29 is 19.4 Å². The lowest BCUT2D eigenvalue weighted by molar-refractivity contribution is 0.112. The van der Waals surface area contributed by atoms with Gasteiger partial charge in [-0.15, -0.1) is 0 Å². The Balaban J connectivity index is 1.74. The molecular weight excluding hydrogens is 338 g/mol. The van der Waals surface area contributed by atoms with Crippen molar-refractivity contribution in [1.29, 1.82) is 0 Å². The summed E-state index contributed by atoms with van der Waals surface area (Å²) in [5.74, 6) is 0.521. The Kier molecular flexibility index (Phi) is 5.55. The number of carbonyl (C=O) groups excluding carboxylic acids is 1. The highest BCUT2D eigenvalue weighted by Gasteiger charge is 2.26. The molecule has 0 aromatic carbocycles. The average molecular weight is 363 g/mol. The summed E-state index contributed by atoms with van der Waals surface area (Å²) in [4.78, 5) is 36.9. The third kappa shape index (κ3) is 3.87. The van der Waals surface area contributed by atoms with Crippen LogP contribution in [0.3, 0.4) is 0 Å². The zero-order chi connectivity index (χ0) is 18.7. The van der Waals surface area contributed by atoms with Crippen LogP contribution in [-0.2, 0) is 0 Å². The van der Waals surface area contributed by atoms with Gasteiger partial charge in [-0.3, -0.25) is 4.79 Å². The van der Waals surface area contributed by atoms with E-state index in [4.69, 9.17) is 9.84 Å². The summed E-state index contributed by atoms with van der Waals surface area (Å²) in [5, 5.41) is 9.08. The number of aldehydes is 1. The predicted octanol–water partition coefficient (Wildman–Crippen LogP) is 0.871. The van der Waals surface area contributed by atoms with Crippen molar-refractivity contribution in [2.24, 2.45) is 0 Å². The van der Waals surface area contributed by atoms with Crippen molar-refractivity contribution in [2.45, 2.75) is 25.8 Å². The molecule has 1 unspecified atom stereocenters. The number of hydrogen-bond donors (Lipinski definition) is 1. The van der Waals surface area contributed by atoms with Crippen molar-refractivity contribution in [3.05, 3.63) is 11.3 Å². The van der Waals surface area contributed by atoms with Gasteiger partial charge >= 0.3 is 12.1 Å². The van der Waals surface area contributed by atoms with Gasteiger partial charge in [0.15, 0.2) is 6.29 Å². The number of ether oxygens (including phenoxy) is 1. The number of amides is 1. The lowest BCUT2D eigenvalue weighted by atomic mass is 10.2. The largest absolute Gasteiger partial charge is 0.465 e. The number of likely N-dealkylation sites (N-methyl/N-ethyl adjacent to an activating group) is 1. The quantitative estimate of drug-likeness (QED) is 0.770. The first-order valence-electron chi connectivity index (χ1n) is 8.89.